The van der Waals surface area contributed by atoms with Gasteiger partial charge in [-0.2, -0.15) is 0 Å². The molecular formula is C23H27N5O. The number of benzene rings is 1. The molecule has 2 aliphatic rings. The molecule has 1 aromatic carbocycles. The van der Waals surface area contributed by atoms with Crippen LogP contribution in [0.25, 0.3) is 22.0 Å². The quantitative estimate of drug-likeness (QED) is 0.737. The smallest absolute Gasteiger partial charge is 0.135 e. The van der Waals surface area contributed by atoms with Crippen molar-refractivity contribution in [1.29, 1.82) is 0 Å². The van der Waals surface area contributed by atoms with Crippen molar-refractivity contribution in [3.05, 3.63) is 48.5 Å². The Labute approximate surface area is 171 Å². The zero-order valence-electron chi connectivity index (χ0n) is 16.6. The van der Waals surface area contributed by atoms with Crippen LogP contribution < -0.4 is 5.73 Å². The second kappa shape index (κ2) is 8.05. The van der Waals surface area contributed by atoms with E-state index in [1.54, 1.807) is 12.4 Å². The van der Waals surface area contributed by atoms with E-state index in [1.807, 2.05) is 12.1 Å². The Bertz CT molecular complexity index is 979. The maximum atomic E-state index is 6.37. The summed E-state index contributed by atoms with van der Waals surface area (Å²) in [4.78, 5) is 16.3. The molecule has 3 heterocycles. The normalized spacial score (nSPS) is 23.3. The summed E-state index contributed by atoms with van der Waals surface area (Å²) in [7, 11) is 0. The molecule has 1 aliphatic carbocycles. The molecule has 6 heteroatoms. The highest BCUT2D eigenvalue weighted by Gasteiger charge is 2.29. The van der Waals surface area contributed by atoms with Gasteiger partial charge in [-0.15, -0.1) is 0 Å². The Kier molecular flexibility index (Phi) is 5.12. The minimum Gasteiger partial charge on any atom is -0.383 e. The van der Waals surface area contributed by atoms with Crippen molar-refractivity contribution in [1.82, 2.24) is 19.9 Å². The monoisotopic (exact) mass is 389 g/mol. The van der Waals surface area contributed by atoms with Gasteiger partial charge < -0.3 is 10.5 Å². The number of aromatic nitrogens is 3. The average molecular weight is 390 g/mol. The molecule has 0 amide bonds. The molecule has 2 N–H and O–H groups in total. The molecule has 1 aliphatic heterocycles. The SMILES string of the molecule is Nc1nc(C2CCC(N3CCOCC3)CC2)nc2ccc(-c3ccncc3)cc12. The molecular weight excluding hydrogens is 362 g/mol. The summed E-state index contributed by atoms with van der Waals surface area (Å²) >= 11 is 0. The predicted molar refractivity (Wildman–Crippen MR) is 115 cm³/mol. The lowest BCUT2D eigenvalue weighted by Crippen LogP contribution is -2.44. The van der Waals surface area contributed by atoms with Crippen molar-refractivity contribution >= 4 is 16.7 Å². The summed E-state index contributed by atoms with van der Waals surface area (Å²) in [6.07, 6.45) is 8.26. The highest BCUT2D eigenvalue weighted by atomic mass is 16.5. The Balaban J connectivity index is 1.35. The van der Waals surface area contributed by atoms with Crippen molar-refractivity contribution in [3.63, 3.8) is 0 Å². The second-order valence-electron chi connectivity index (χ2n) is 8.09. The van der Waals surface area contributed by atoms with Gasteiger partial charge in [-0.25, -0.2) is 9.97 Å². The first-order valence-electron chi connectivity index (χ1n) is 10.6. The van der Waals surface area contributed by atoms with Gasteiger partial charge in [0.15, 0.2) is 0 Å². The topological polar surface area (TPSA) is 77.2 Å². The molecule has 3 aromatic rings. The lowest BCUT2D eigenvalue weighted by atomic mass is 9.84. The van der Waals surface area contributed by atoms with Gasteiger partial charge in [0.2, 0.25) is 0 Å². The molecule has 1 saturated carbocycles. The van der Waals surface area contributed by atoms with Crippen LogP contribution >= 0.6 is 0 Å². The third-order valence-corrected chi connectivity index (χ3v) is 6.38. The zero-order chi connectivity index (χ0) is 19.6. The number of ether oxygens (including phenoxy) is 1. The van der Waals surface area contributed by atoms with Crippen LogP contribution in [-0.2, 0) is 4.74 Å². The largest absolute Gasteiger partial charge is 0.383 e. The number of fused-ring (bicyclic) bond motifs is 1. The number of morpholine rings is 1. The maximum Gasteiger partial charge on any atom is 0.135 e. The van der Waals surface area contributed by atoms with Crippen molar-refractivity contribution in [2.24, 2.45) is 0 Å². The van der Waals surface area contributed by atoms with E-state index in [9.17, 15) is 0 Å². The molecule has 0 atom stereocenters. The fourth-order valence-electron chi connectivity index (χ4n) is 4.72. The molecule has 2 fully saturated rings. The molecule has 2 aromatic heterocycles. The number of pyridine rings is 1. The number of nitrogens with zero attached hydrogens (tertiary/aromatic N) is 4. The molecule has 0 bridgehead atoms. The van der Waals surface area contributed by atoms with Crippen LogP contribution in [0.1, 0.15) is 37.4 Å². The number of anilines is 1. The van der Waals surface area contributed by atoms with Gasteiger partial charge in [0.1, 0.15) is 11.6 Å². The van der Waals surface area contributed by atoms with Crippen LogP contribution in [0.2, 0.25) is 0 Å². The fraction of sp³-hybridized carbons (Fsp3) is 0.435. The van der Waals surface area contributed by atoms with E-state index in [-0.39, 0.29) is 0 Å². The van der Waals surface area contributed by atoms with Crippen LogP contribution in [0, 0.1) is 0 Å². The first kappa shape index (κ1) is 18.5. The molecule has 29 heavy (non-hydrogen) atoms. The van der Waals surface area contributed by atoms with Crippen molar-refractivity contribution in [3.8, 4) is 11.1 Å². The number of rotatable bonds is 3. The van der Waals surface area contributed by atoms with Crippen LogP contribution in [-0.4, -0.2) is 52.2 Å². The molecule has 150 valence electrons. The highest BCUT2D eigenvalue weighted by Crippen LogP contribution is 2.35. The molecule has 1 saturated heterocycles. The van der Waals surface area contributed by atoms with Gasteiger partial charge in [-0.05, 0) is 61.1 Å². The van der Waals surface area contributed by atoms with Gasteiger partial charge >= 0.3 is 0 Å². The van der Waals surface area contributed by atoms with Gasteiger partial charge in [0, 0.05) is 42.8 Å². The first-order valence-corrected chi connectivity index (χ1v) is 10.6. The first-order chi connectivity index (χ1) is 14.3. The van der Waals surface area contributed by atoms with Gasteiger partial charge in [-0.3, -0.25) is 9.88 Å². The van der Waals surface area contributed by atoms with E-state index in [0.717, 1.165) is 67.0 Å². The summed E-state index contributed by atoms with van der Waals surface area (Å²) in [5, 5.41) is 0.921. The van der Waals surface area contributed by atoms with Gasteiger partial charge in [-0.1, -0.05) is 6.07 Å². The summed E-state index contributed by atoms with van der Waals surface area (Å²) < 4.78 is 5.49. The van der Waals surface area contributed by atoms with Crippen LogP contribution in [0.15, 0.2) is 42.7 Å². The summed E-state index contributed by atoms with van der Waals surface area (Å²) in [5.74, 6) is 1.89. The number of hydrogen-bond donors (Lipinski definition) is 1. The van der Waals surface area contributed by atoms with Crippen LogP contribution in [0.5, 0.6) is 0 Å². The van der Waals surface area contributed by atoms with E-state index in [4.69, 9.17) is 20.4 Å². The lowest BCUT2D eigenvalue weighted by Gasteiger charge is -2.38. The summed E-state index contributed by atoms with van der Waals surface area (Å²) in [5.41, 5.74) is 9.52. The zero-order valence-corrected chi connectivity index (χ0v) is 16.6. The Hall–Kier alpha value is -2.57. The number of hydrogen-bond acceptors (Lipinski definition) is 6. The summed E-state index contributed by atoms with van der Waals surface area (Å²) in [6.45, 7) is 3.86. The maximum absolute atomic E-state index is 6.37. The lowest BCUT2D eigenvalue weighted by molar-refractivity contribution is 0.00712. The number of nitrogen functional groups attached to an aromatic ring is 1. The third kappa shape index (κ3) is 3.82. The Morgan fingerprint density at radius 1 is 0.897 bits per heavy atom. The van der Waals surface area contributed by atoms with Crippen molar-refractivity contribution in [2.75, 3.05) is 32.0 Å². The second-order valence-corrected chi connectivity index (χ2v) is 8.09. The van der Waals surface area contributed by atoms with E-state index in [1.165, 1.54) is 12.8 Å². The Morgan fingerprint density at radius 3 is 2.41 bits per heavy atom. The van der Waals surface area contributed by atoms with Crippen LogP contribution in [0.4, 0.5) is 5.82 Å². The molecule has 0 spiro atoms. The minimum atomic E-state index is 0.402. The minimum absolute atomic E-state index is 0.402. The third-order valence-electron chi connectivity index (χ3n) is 6.38. The van der Waals surface area contributed by atoms with Crippen molar-refractivity contribution < 1.29 is 4.74 Å². The van der Waals surface area contributed by atoms with E-state index < -0.39 is 0 Å². The predicted octanol–water partition coefficient (Wildman–Crippen LogP) is 3.63. The summed E-state index contributed by atoms with van der Waals surface area (Å²) in [6, 6.07) is 10.9. The van der Waals surface area contributed by atoms with Crippen LogP contribution in [0.3, 0.4) is 0 Å². The number of nitrogens with two attached hydrogens (primary N) is 1. The van der Waals surface area contributed by atoms with E-state index in [0.29, 0.717) is 17.8 Å². The van der Waals surface area contributed by atoms with E-state index in [2.05, 4.69) is 28.1 Å². The standard InChI is InChI=1S/C23H27N5O/c24-22-20-15-18(16-7-9-25-10-8-16)3-6-21(20)26-23(27-22)17-1-4-19(5-2-17)28-11-13-29-14-12-28/h3,6-10,15,17,19H,1-2,4-5,11-14H2,(H2,24,26,27). The van der Waals surface area contributed by atoms with Gasteiger partial charge in [0.05, 0.1) is 18.7 Å². The van der Waals surface area contributed by atoms with Gasteiger partial charge in [0.25, 0.3) is 0 Å². The molecule has 0 radical (unpaired) electrons. The Morgan fingerprint density at radius 2 is 1.66 bits per heavy atom. The fourth-order valence-corrected chi connectivity index (χ4v) is 4.72. The van der Waals surface area contributed by atoms with Crippen molar-refractivity contribution in [2.45, 2.75) is 37.6 Å². The molecule has 5 rings (SSSR count). The molecule has 6 nitrogen and oxygen atoms in total. The highest BCUT2D eigenvalue weighted by molar-refractivity contribution is 5.91. The molecule has 0 unspecified atom stereocenters. The van der Waals surface area contributed by atoms with E-state index >= 15 is 0 Å². The average Bonchev–Trinajstić information content (AvgIpc) is 2.80.